The standard InChI is InChI=1S/C25H22N2/c1-2-8-17(9-3-1)16-27-24-13-7-5-11-19(24)21-14-20-18-10-4-6-12-22(18)26-23(20)15-25(21)27/h1-4,6,8-10,12,14-15,26H,5,7,11,13,16H2. The van der Waals surface area contributed by atoms with Gasteiger partial charge in [-0.2, -0.15) is 0 Å². The lowest BCUT2D eigenvalue weighted by Gasteiger charge is -2.16. The summed E-state index contributed by atoms with van der Waals surface area (Å²) in [5.41, 5.74) is 8.36. The van der Waals surface area contributed by atoms with Crippen LogP contribution in [0.15, 0.2) is 66.7 Å². The van der Waals surface area contributed by atoms with Crippen LogP contribution in [-0.4, -0.2) is 9.55 Å². The van der Waals surface area contributed by atoms with Gasteiger partial charge in [-0.1, -0.05) is 48.5 Å². The monoisotopic (exact) mass is 350 g/mol. The molecule has 1 aliphatic carbocycles. The summed E-state index contributed by atoms with van der Waals surface area (Å²) < 4.78 is 2.57. The summed E-state index contributed by atoms with van der Waals surface area (Å²) in [4.78, 5) is 3.63. The minimum atomic E-state index is 0.957. The summed E-state index contributed by atoms with van der Waals surface area (Å²) in [6.07, 6.45) is 5.02. The van der Waals surface area contributed by atoms with Crippen LogP contribution in [0.2, 0.25) is 0 Å². The summed E-state index contributed by atoms with van der Waals surface area (Å²) in [5, 5.41) is 4.14. The lowest BCUT2D eigenvalue weighted by molar-refractivity contribution is 0.638. The van der Waals surface area contributed by atoms with Gasteiger partial charge in [-0.15, -0.1) is 0 Å². The van der Waals surface area contributed by atoms with Crippen LogP contribution >= 0.6 is 0 Å². The van der Waals surface area contributed by atoms with Crippen LogP contribution < -0.4 is 0 Å². The van der Waals surface area contributed by atoms with Gasteiger partial charge in [0.05, 0.1) is 5.52 Å². The molecule has 0 radical (unpaired) electrons. The second-order valence-electron chi connectivity index (χ2n) is 7.79. The van der Waals surface area contributed by atoms with Crippen molar-refractivity contribution in [3.8, 4) is 0 Å². The Balaban J connectivity index is 1.66. The van der Waals surface area contributed by atoms with E-state index in [0.29, 0.717) is 0 Å². The quantitative estimate of drug-likeness (QED) is 0.391. The maximum atomic E-state index is 3.63. The molecule has 5 aromatic rings. The molecule has 2 heteroatoms. The van der Waals surface area contributed by atoms with Crippen molar-refractivity contribution >= 4 is 32.7 Å². The highest BCUT2D eigenvalue weighted by molar-refractivity contribution is 6.12. The number of nitrogens with zero attached hydrogens (tertiary/aromatic N) is 1. The highest BCUT2D eigenvalue weighted by atomic mass is 15.0. The third-order valence-corrected chi connectivity index (χ3v) is 6.19. The van der Waals surface area contributed by atoms with Gasteiger partial charge in [-0.25, -0.2) is 0 Å². The molecule has 0 aliphatic heterocycles. The molecular weight excluding hydrogens is 328 g/mol. The van der Waals surface area contributed by atoms with E-state index in [1.54, 1.807) is 11.3 Å². The number of aromatic nitrogens is 2. The van der Waals surface area contributed by atoms with E-state index in [4.69, 9.17) is 0 Å². The first kappa shape index (κ1) is 15.1. The maximum absolute atomic E-state index is 3.63. The fourth-order valence-electron chi connectivity index (χ4n) is 4.92. The molecule has 0 amide bonds. The second-order valence-corrected chi connectivity index (χ2v) is 7.79. The SMILES string of the molecule is c1ccc(Cn2c3c(c4cc5c(cc42)[nH]c2ccccc25)CCCC3)cc1. The lowest BCUT2D eigenvalue weighted by atomic mass is 9.95. The van der Waals surface area contributed by atoms with E-state index >= 15 is 0 Å². The highest BCUT2D eigenvalue weighted by Crippen LogP contribution is 2.37. The Morgan fingerprint density at radius 2 is 1.56 bits per heavy atom. The second kappa shape index (κ2) is 5.75. The van der Waals surface area contributed by atoms with Gasteiger partial charge in [0.2, 0.25) is 0 Å². The predicted molar refractivity (Wildman–Crippen MR) is 113 cm³/mol. The maximum Gasteiger partial charge on any atom is 0.0509 e. The van der Waals surface area contributed by atoms with E-state index in [1.807, 2.05) is 0 Å². The highest BCUT2D eigenvalue weighted by Gasteiger charge is 2.21. The summed E-state index contributed by atoms with van der Waals surface area (Å²) in [7, 11) is 0. The number of H-pyrrole nitrogens is 1. The first-order chi connectivity index (χ1) is 13.4. The molecule has 132 valence electrons. The first-order valence-corrected chi connectivity index (χ1v) is 9.97. The van der Waals surface area contributed by atoms with Gasteiger partial charge < -0.3 is 9.55 Å². The fourth-order valence-corrected chi connectivity index (χ4v) is 4.92. The Morgan fingerprint density at radius 1 is 0.741 bits per heavy atom. The van der Waals surface area contributed by atoms with Gasteiger partial charge in [0.25, 0.3) is 0 Å². The molecule has 1 N–H and O–H groups in total. The summed E-state index contributed by atoms with van der Waals surface area (Å²) >= 11 is 0. The third kappa shape index (κ3) is 2.26. The first-order valence-electron chi connectivity index (χ1n) is 9.97. The molecule has 0 saturated carbocycles. The minimum Gasteiger partial charge on any atom is -0.354 e. The van der Waals surface area contributed by atoms with Crippen LogP contribution in [0.1, 0.15) is 29.7 Å². The predicted octanol–water partition coefficient (Wildman–Crippen LogP) is 6.20. The summed E-state index contributed by atoms with van der Waals surface area (Å²) in [6.45, 7) is 0.957. The number of hydrogen-bond acceptors (Lipinski definition) is 0. The van der Waals surface area contributed by atoms with Crippen LogP contribution in [-0.2, 0) is 19.4 Å². The molecule has 0 saturated heterocycles. The van der Waals surface area contributed by atoms with Crippen LogP contribution in [0.3, 0.4) is 0 Å². The molecule has 0 unspecified atom stereocenters. The van der Waals surface area contributed by atoms with Crippen molar-refractivity contribution in [2.75, 3.05) is 0 Å². The smallest absolute Gasteiger partial charge is 0.0509 e. The van der Waals surface area contributed by atoms with E-state index in [-0.39, 0.29) is 0 Å². The number of rotatable bonds is 2. The Bertz CT molecular complexity index is 1290. The van der Waals surface area contributed by atoms with Gasteiger partial charge in [-0.05, 0) is 55.0 Å². The van der Waals surface area contributed by atoms with Crippen molar-refractivity contribution in [2.45, 2.75) is 32.2 Å². The minimum absolute atomic E-state index is 0.957. The van der Waals surface area contributed by atoms with Crippen LogP contribution in [0.5, 0.6) is 0 Å². The molecule has 2 heterocycles. The van der Waals surface area contributed by atoms with E-state index in [0.717, 1.165) is 6.54 Å². The van der Waals surface area contributed by atoms with Crippen molar-refractivity contribution in [1.29, 1.82) is 0 Å². The van der Waals surface area contributed by atoms with Crippen molar-refractivity contribution in [3.63, 3.8) is 0 Å². The molecule has 2 aromatic heterocycles. The number of benzene rings is 3. The molecule has 3 aromatic carbocycles. The Labute approximate surface area is 158 Å². The van der Waals surface area contributed by atoms with Crippen molar-refractivity contribution in [1.82, 2.24) is 9.55 Å². The van der Waals surface area contributed by atoms with E-state index in [9.17, 15) is 0 Å². The molecule has 1 aliphatic rings. The summed E-state index contributed by atoms with van der Waals surface area (Å²) in [6, 6.07) is 24.3. The summed E-state index contributed by atoms with van der Waals surface area (Å²) in [5.74, 6) is 0. The molecule has 0 spiro atoms. The molecule has 0 atom stereocenters. The van der Waals surface area contributed by atoms with Crippen molar-refractivity contribution in [2.24, 2.45) is 0 Å². The Kier molecular flexibility index (Phi) is 3.21. The van der Waals surface area contributed by atoms with E-state index < -0.39 is 0 Å². The van der Waals surface area contributed by atoms with Crippen LogP contribution in [0, 0.1) is 0 Å². The number of fused-ring (bicyclic) bond motifs is 6. The van der Waals surface area contributed by atoms with Crippen LogP contribution in [0.4, 0.5) is 0 Å². The number of hydrogen-bond donors (Lipinski definition) is 1. The Hall–Kier alpha value is -3.00. The van der Waals surface area contributed by atoms with Crippen molar-refractivity contribution < 1.29 is 0 Å². The molecule has 6 rings (SSSR count). The van der Waals surface area contributed by atoms with Gasteiger partial charge in [0.1, 0.15) is 0 Å². The average molecular weight is 350 g/mol. The number of aromatic amines is 1. The Morgan fingerprint density at radius 3 is 2.48 bits per heavy atom. The molecular formula is C25H22N2. The zero-order valence-corrected chi connectivity index (χ0v) is 15.3. The number of aryl methyl sites for hydroxylation is 1. The van der Waals surface area contributed by atoms with Gasteiger partial charge in [0.15, 0.2) is 0 Å². The fraction of sp³-hybridized carbons (Fsp3) is 0.200. The largest absolute Gasteiger partial charge is 0.354 e. The number of para-hydroxylation sites is 1. The van der Waals surface area contributed by atoms with E-state index in [1.165, 1.54) is 64.0 Å². The van der Waals surface area contributed by atoms with Crippen molar-refractivity contribution in [3.05, 3.63) is 83.6 Å². The van der Waals surface area contributed by atoms with Gasteiger partial charge in [0, 0.05) is 39.4 Å². The average Bonchev–Trinajstić information content (AvgIpc) is 3.23. The topological polar surface area (TPSA) is 20.7 Å². The number of nitrogens with one attached hydrogen (secondary N) is 1. The van der Waals surface area contributed by atoms with E-state index in [2.05, 4.69) is 76.3 Å². The zero-order valence-electron chi connectivity index (χ0n) is 15.3. The molecule has 27 heavy (non-hydrogen) atoms. The zero-order chi connectivity index (χ0) is 17.8. The molecule has 2 nitrogen and oxygen atoms in total. The van der Waals surface area contributed by atoms with Crippen LogP contribution in [0.25, 0.3) is 32.7 Å². The molecule has 0 bridgehead atoms. The lowest BCUT2D eigenvalue weighted by Crippen LogP contribution is -2.09. The normalized spacial score (nSPS) is 14.2. The third-order valence-electron chi connectivity index (χ3n) is 6.19. The molecule has 0 fully saturated rings. The van der Waals surface area contributed by atoms with Gasteiger partial charge in [-0.3, -0.25) is 0 Å². The van der Waals surface area contributed by atoms with Gasteiger partial charge >= 0.3 is 0 Å².